The molecule has 17 heavy (non-hydrogen) atoms. The van der Waals surface area contributed by atoms with Gasteiger partial charge in [0, 0.05) is 0 Å². The van der Waals surface area contributed by atoms with E-state index in [9.17, 15) is 4.79 Å². The summed E-state index contributed by atoms with van der Waals surface area (Å²) in [5.41, 5.74) is 6.17. The van der Waals surface area contributed by atoms with Crippen LogP contribution in [0.4, 0.5) is 0 Å². The number of primary amides is 1. The van der Waals surface area contributed by atoms with E-state index >= 15 is 0 Å². The van der Waals surface area contributed by atoms with Gasteiger partial charge >= 0.3 is 0 Å². The molecule has 2 aromatic rings. The molecule has 1 aromatic carbocycles. The third-order valence-corrected chi connectivity index (χ3v) is 2.44. The van der Waals surface area contributed by atoms with E-state index in [4.69, 9.17) is 10.2 Å². The molecule has 0 bridgehead atoms. The van der Waals surface area contributed by atoms with Crippen LogP contribution < -0.4 is 11.1 Å². The molecule has 4 heteroatoms. The highest BCUT2D eigenvalue weighted by Crippen LogP contribution is 2.21. The molecule has 2 rings (SSSR count). The van der Waals surface area contributed by atoms with E-state index in [1.54, 1.807) is 6.26 Å². The molecule has 3 N–H and O–H groups in total. The molecule has 0 radical (unpaired) electrons. The zero-order chi connectivity index (χ0) is 12.1. The molecule has 0 aliphatic rings. The van der Waals surface area contributed by atoms with Gasteiger partial charge in [-0.25, -0.2) is 0 Å². The highest BCUT2D eigenvalue weighted by atomic mass is 16.3. The Labute approximate surface area is 99.4 Å². The van der Waals surface area contributed by atoms with E-state index in [2.05, 4.69) is 5.32 Å². The van der Waals surface area contributed by atoms with Crippen molar-refractivity contribution in [1.29, 1.82) is 0 Å². The van der Waals surface area contributed by atoms with Crippen LogP contribution in [0.15, 0.2) is 53.1 Å². The number of amides is 1. The van der Waals surface area contributed by atoms with E-state index in [-0.39, 0.29) is 12.6 Å². The van der Waals surface area contributed by atoms with Crippen molar-refractivity contribution in [3.8, 4) is 0 Å². The van der Waals surface area contributed by atoms with Crippen LogP contribution in [0.25, 0.3) is 0 Å². The number of carbonyl (C=O) groups is 1. The van der Waals surface area contributed by atoms with Crippen LogP contribution >= 0.6 is 0 Å². The first-order valence-electron chi connectivity index (χ1n) is 5.37. The van der Waals surface area contributed by atoms with E-state index in [0.29, 0.717) is 0 Å². The molecule has 1 atom stereocenters. The van der Waals surface area contributed by atoms with E-state index < -0.39 is 5.91 Å². The minimum Gasteiger partial charge on any atom is -0.467 e. The fourth-order valence-corrected chi connectivity index (χ4v) is 1.69. The van der Waals surface area contributed by atoms with Crippen molar-refractivity contribution in [1.82, 2.24) is 5.32 Å². The monoisotopic (exact) mass is 230 g/mol. The Morgan fingerprint density at radius 1 is 1.24 bits per heavy atom. The van der Waals surface area contributed by atoms with Crippen molar-refractivity contribution >= 4 is 5.91 Å². The Kier molecular flexibility index (Phi) is 3.57. The molecule has 0 fully saturated rings. The zero-order valence-corrected chi connectivity index (χ0v) is 9.30. The predicted octanol–water partition coefficient (Wildman–Crippen LogP) is 1.44. The Balaban J connectivity index is 2.22. The van der Waals surface area contributed by atoms with Gasteiger partial charge in [0.1, 0.15) is 5.76 Å². The molecule has 0 aliphatic heterocycles. The van der Waals surface area contributed by atoms with Crippen molar-refractivity contribution < 1.29 is 9.21 Å². The summed E-state index contributed by atoms with van der Waals surface area (Å²) in [6.45, 7) is 0.111. The third-order valence-electron chi connectivity index (χ3n) is 2.44. The standard InChI is InChI=1S/C13H14N2O2/c14-12(16)9-15-13(11-7-4-8-17-11)10-5-2-1-3-6-10/h1-8,13,15H,9H2,(H2,14,16)/t13-/m0/s1. The van der Waals surface area contributed by atoms with Gasteiger partial charge in [0.05, 0.1) is 18.8 Å². The number of furan rings is 1. The largest absolute Gasteiger partial charge is 0.467 e. The number of benzene rings is 1. The average Bonchev–Trinajstić information content (AvgIpc) is 2.84. The van der Waals surface area contributed by atoms with Gasteiger partial charge in [0.2, 0.25) is 5.91 Å². The van der Waals surface area contributed by atoms with Crippen LogP contribution in [0, 0.1) is 0 Å². The van der Waals surface area contributed by atoms with Gasteiger partial charge in [-0.15, -0.1) is 0 Å². The lowest BCUT2D eigenvalue weighted by atomic mass is 10.0. The SMILES string of the molecule is NC(=O)CN[C@@H](c1ccccc1)c1ccco1. The molecule has 88 valence electrons. The predicted molar refractivity (Wildman–Crippen MR) is 64.2 cm³/mol. The third kappa shape index (κ3) is 2.95. The summed E-state index contributed by atoms with van der Waals surface area (Å²) >= 11 is 0. The van der Waals surface area contributed by atoms with Crippen LogP contribution in [0.5, 0.6) is 0 Å². The maximum absolute atomic E-state index is 10.8. The number of carbonyl (C=O) groups excluding carboxylic acids is 1. The van der Waals surface area contributed by atoms with Gasteiger partial charge in [0.15, 0.2) is 0 Å². The van der Waals surface area contributed by atoms with Crippen molar-refractivity contribution in [3.05, 3.63) is 60.1 Å². The molecule has 4 nitrogen and oxygen atoms in total. The van der Waals surface area contributed by atoms with Crippen molar-refractivity contribution in [3.63, 3.8) is 0 Å². The Bertz CT molecular complexity index is 465. The molecule has 1 aromatic heterocycles. The van der Waals surface area contributed by atoms with Gasteiger partial charge in [-0.05, 0) is 17.7 Å². The molecule has 0 aliphatic carbocycles. The fraction of sp³-hybridized carbons (Fsp3) is 0.154. The number of nitrogens with one attached hydrogen (secondary N) is 1. The first-order chi connectivity index (χ1) is 8.27. The Morgan fingerprint density at radius 3 is 2.59 bits per heavy atom. The van der Waals surface area contributed by atoms with E-state index in [1.807, 2.05) is 42.5 Å². The maximum atomic E-state index is 10.8. The fourth-order valence-electron chi connectivity index (χ4n) is 1.69. The second kappa shape index (κ2) is 5.32. The minimum absolute atomic E-state index is 0.111. The molecule has 0 saturated heterocycles. The maximum Gasteiger partial charge on any atom is 0.231 e. The Morgan fingerprint density at radius 2 is 2.00 bits per heavy atom. The summed E-state index contributed by atoms with van der Waals surface area (Å²) in [5, 5.41) is 3.07. The number of hydrogen-bond acceptors (Lipinski definition) is 3. The highest BCUT2D eigenvalue weighted by Gasteiger charge is 2.16. The second-order valence-corrected chi connectivity index (χ2v) is 3.71. The zero-order valence-electron chi connectivity index (χ0n) is 9.30. The van der Waals surface area contributed by atoms with Crippen molar-refractivity contribution in [2.75, 3.05) is 6.54 Å². The number of nitrogens with two attached hydrogens (primary N) is 1. The smallest absolute Gasteiger partial charge is 0.231 e. The molecular weight excluding hydrogens is 216 g/mol. The quantitative estimate of drug-likeness (QED) is 0.816. The van der Waals surface area contributed by atoms with Gasteiger partial charge in [0.25, 0.3) is 0 Å². The second-order valence-electron chi connectivity index (χ2n) is 3.71. The van der Waals surface area contributed by atoms with Crippen LogP contribution in [-0.2, 0) is 4.79 Å². The van der Waals surface area contributed by atoms with Gasteiger partial charge in [-0.3, -0.25) is 10.1 Å². The van der Waals surface area contributed by atoms with Gasteiger partial charge in [-0.1, -0.05) is 30.3 Å². The number of rotatable bonds is 5. The molecule has 0 unspecified atom stereocenters. The highest BCUT2D eigenvalue weighted by molar-refractivity contribution is 5.76. The normalized spacial score (nSPS) is 12.2. The molecule has 0 spiro atoms. The minimum atomic E-state index is -0.391. The summed E-state index contributed by atoms with van der Waals surface area (Å²) in [6.07, 6.45) is 1.61. The lowest BCUT2D eigenvalue weighted by Gasteiger charge is -2.15. The summed E-state index contributed by atoms with van der Waals surface area (Å²) < 4.78 is 5.37. The average molecular weight is 230 g/mol. The molecule has 1 heterocycles. The van der Waals surface area contributed by atoms with E-state index in [0.717, 1.165) is 11.3 Å². The lowest BCUT2D eigenvalue weighted by Crippen LogP contribution is -2.32. The summed E-state index contributed by atoms with van der Waals surface area (Å²) in [7, 11) is 0. The summed E-state index contributed by atoms with van der Waals surface area (Å²) in [6, 6.07) is 13.3. The molecule has 0 saturated carbocycles. The van der Waals surface area contributed by atoms with Crippen LogP contribution in [-0.4, -0.2) is 12.5 Å². The lowest BCUT2D eigenvalue weighted by molar-refractivity contribution is -0.117. The van der Waals surface area contributed by atoms with Gasteiger partial charge < -0.3 is 10.2 Å². The first-order valence-corrected chi connectivity index (χ1v) is 5.37. The first kappa shape index (κ1) is 11.4. The van der Waals surface area contributed by atoms with Crippen molar-refractivity contribution in [2.45, 2.75) is 6.04 Å². The topological polar surface area (TPSA) is 68.3 Å². The molecular formula is C13H14N2O2. The molecule has 1 amide bonds. The van der Waals surface area contributed by atoms with E-state index in [1.165, 1.54) is 0 Å². The van der Waals surface area contributed by atoms with Crippen LogP contribution in [0.2, 0.25) is 0 Å². The van der Waals surface area contributed by atoms with Crippen LogP contribution in [0.1, 0.15) is 17.4 Å². The number of hydrogen-bond donors (Lipinski definition) is 2. The van der Waals surface area contributed by atoms with Crippen LogP contribution in [0.3, 0.4) is 0 Å². The Hall–Kier alpha value is -2.07. The van der Waals surface area contributed by atoms with Gasteiger partial charge in [-0.2, -0.15) is 0 Å². The summed E-state index contributed by atoms with van der Waals surface area (Å²) in [4.78, 5) is 10.8. The van der Waals surface area contributed by atoms with Crippen molar-refractivity contribution in [2.24, 2.45) is 5.73 Å². The summed E-state index contributed by atoms with van der Waals surface area (Å²) in [5.74, 6) is 0.370.